The predicted molar refractivity (Wildman–Crippen MR) is 62.6 cm³/mol. The van der Waals surface area contributed by atoms with Crippen molar-refractivity contribution >= 4 is 5.57 Å². The maximum Gasteiger partial charge on any atom is 0.136 e. The molecule has 1 N–H and O–H groups in total. The molecule has 0 radical (unpaired) electrons. The van der Waals surface area contributed by atoms with E-state index in [0.717, 1.165) is 30.6 Å². The van der Waals surface area contributed by atoms with Gasteiger partial charge in [-0.05, 0) is 18.5 Å². The fourth-order valence-corrected chi connectivity index (χ4v) is 1.96. The van der Waals surface area contributed by atoms with Crippen molar-refractivity contribution in [2.75, 3.05) is 20.2 Å². The van der Waals surface area contributed by atoms with Crippen molar-refractivity contribution < 1.29 is 9.13 Å². The summed E-state index contributed by atoms with van der Waals surface area (Å²) in [5.74, 6) is -0.141. The molecule has 0 amide bonds. The van der Waals surface area contributed by atoms with Gasteiger partial charge in [-0.2, -0.15) is 0 Å². The lowest BCUT2D eigenvalue weighted by Gasteiger charge is -2.16. The van der Waals surface area contributed by atoms with Crippen LogP contribution in [0.2, 0.25) is 0 Å². The summed E-state index contributed by atoms with van der Waals surface area (Å²) in [6.45, 7) is 2.06. The highest BCUT2D eigenvalue weighted by molar-refractivity contribution is 5.67. The predicted octanol–water partition coefficient (Wildman–Crippen LogP) is 2.35. The SMILES string of the molecule is COCc1cccc(C2=CCNCC2)c1F. The summed E-state index contributed by atoms with van der Waals surface area (Å²) in [5, 5.41) is 3.22. The smallest absolute Gasteiger partial charge is 0.136 e. The van der Waals surface area contributed by atoms with Gasteiger partial charge in [0.25, 0.3) is 0 Å². The first-order valence-electron chi connectivity index (χ1n) is 5.49. The average molecular weight is 221 g/mol. The fourth-order valence-electron chi connectivity index (χ4n) is 1.96. The zero-order chi connectivity index (χ0) is 11.4. The van der Waals surface area contributed by atoms with Crippen LogP contribution in [0.1, 0.15) is 17.5 Å². The van der Waals surface area contributed by atoms with Crippen LogP contribution in [0.3, 0.4) is 0 Å². The van der Waals surface area contributed by atoms with E-state index in [0.29, 0.717) is 12.2 Å². The summed E-state index contributed by atoms with van der Waals surface area (Å²) in [4.78, 5) is 0. The first-order chi connectivity index (χ1) is 7.83. The normalized spacial score (nSPS) is 16.0. The quantitative estimate of drug-likeness (QED) is 0.846. The Labute approximate surface area is 95.1 Å². The molecule has 2 rings (SSSR count). The molecule has 0 unspecified atom stereocenters. The van der Waals surface area contributed by atoms with Crippen molar-refractivity contribution in [3.8, 4) is 0 Å². The molecule has 0 bridgehead atoms. The topological polar surface area (TPSA) is 21.3 Å². The van der Waals surface area contributed by atoms with Gasteiger partial charge in [0.15, 0.2) is 0 Å². The lowest BCUT2D eigenvalue weighted by Crippen LogP contribution is -2.20. The Bertz CT molecular complexity index is 401. The molecule has 1 aliphatic heterocycles. The van der Waals surface area contributed by atoms with Crippen LogP contribution in [0.4, 0.5) is 4.39 Å². The maximum atomic E-state index is 14.1. The third-order valence-corrected chi connectivity index (χ3v) is 2.79. The molecule has 0 atom stereocenters. The molecule has 2 nitrogen and oxygen atoms in total. The van der Waals surface area contributed by atoms with E-state index in [9.17, 15) is 4.39 Å². The monoisotopic (exact) mass is 221 g/mol. The third-order valence-electron chi connectivity index (χ3n) is 2.79. The van der Waals surface area contributed by atoms with E-state index in [1.165, 1.54) is 0 Å². The van der Waals surface area contributed by atoms with E-state index in [1.54, 1.807) is 13.2 Å². The second-order valence-electron chi connectivity index (χ2n) is 3.90. The number of methoxy groups -OCH3 is 1. The van der Waals surface area contributed by atoms with Gasteiger partial charge in [0.05, 0.1) is 6.61 Å². The second kappa shape index (κ2) is 5.23. The molecule has 0 aromatic heterocycles. The van der Waals surface area contributed by atoms with Crippen molar-refractivity contribution in [1.29, 1.82) is 0 Å². The fraction of sp³-hybridized carbons (Fsp3) is 0.385. The third kappa shape index (κ3) is 2.31. The van der Waals surface area contributed by atoms with E-state index in [2.05, 4.69) is 11.4 Å². The van der Waals surface area contributed by atoms with E-state index in [1.807, 2.05) is 12.1 Å². The summed E-state index contributed by atoms with van der Waals surface area (Å²) in [6, 6.07) is 5.49. The van der Waals surface area contributed by atoms with Crippen molar-refractivity contribution in [3.63, 3.8) is 0 Å². The van der Waals surface area contributed by atoms with Crippen LogP contribution >= 0.6 is 0 Å². The number of rotatable bonds is 3. The van der Waals surface area contributed by atoms with Crippen LogP contribution < -0.4 is 5.32 Å². The molecular weight excluding hydrogens is 205 g/mol. The second-order valence-corrected chi connectivity index (χ2v) is 3.90. The van der Waals surface area contributed by atoms with Gasteiger partial charge in [0.2, 0.25) is 0 Å². The van der Waals surface area contributed by atoms with Crippen molar-refractivity contribution in [1.82, 2.24) is 5.32 Å². The van der Waals surface area contributed by atoms with Gasteiger partial charge >= 0.3 is 0 Å². The molecule has 0 saturated heterocycles. The molecule has 1 aliphatic rings. The molecule has 86 valence electrons. The number of halogens is 1. The average Bonchev–Trinajstić information content (AvgIpc) is 2.33. The van der Waals surface area contributed by atoms with Gasteiger partial charge in [-0.15, -0.1) is 0 Å². The minimum absolute atomic E-state index is 0.141. The maximum absolute atomic E-state index is 14.1. The molecule has 0 saturated carbocycles. The molecule has 0 fully saturated rings. The van der Waals surface area contributed by atoms with E-state index < -0.39 is 0 Å². The van der Waals surface area contributed by atoms with Crippen LogP contribution in [-0.4, -0.2) is 20.2 Å². The highest BCUT2D eigenvalue weighted by Crippen LogP contribution is 2.24. The molecular formula is C13H16FNO. The van der Waals surface area contributed by atoms with Gasteiger partial charge in [-0.3, -0.25) is 0 Å². The number of nitrogens with one attached hydrogen (secondary N) is 1. The first-order valence-corrected chi connectivity index (χ1v) is 5.49. The van der Waals surface area contributed by atoms with Gasteiger partial charge in [0.1, 0.15) is 5.82 Å². The molecule has 1 aromatic carbocycles. The Hall–Kier alpha value is -1.19. The Balaban J connectivity index is 2.33. The summed E-state index contributed by atoms with van der Waals surface area (Å²) in [5.41, 5.74) is 2.43. The highest BCUT2D eigenvalue weighted by atomic mass is 19.1. The van der Waals surface area contributed by atoms with E-state index in [4.69, 9.17) is 4.74 Å². The van der Waals surface area contributed by atoms with Gasteiger partial charge in [-0.1, -0.05) is 24.3 Å². The standard InChI is InChI=1S/C13H16FNO/c1-16-9-11-3-2-4-12(13(11)14)10-5-7-15-8-6-10/h2-5,15H,6-9H2,1H3. The van der Waals surface area contributed by atoms with Crippen molar-refractivity contribution in [3.05, 3.63) is 41.2 Å². The van der Waals surface area contributed by atoms with E-state index >= 15 is 0 Å². The zero-order valence-electron chi connectivity index (χ0n) is 9.42. The number of hydrogen-bond donors (Lipinski definition) is 1. The summed E-state index contributed by atoms with van der Waals surface area (Å²) < 4.78 is 19.1. The van der Waals surface area contributed by atoms with E-state index in [-0.39, 0.29) is 5.82 Å². The minimum atomic E-state index is -0.141. The highest BCUT2D eigenvalue weighted by Gasteiger charge is 2.13. The van der Waals surface area contributed by atoms with Crippen molar-refractivity contribution in [2.45, 2.75) is 13.0 Å². The minimum Gasteiger partial charge on any atom is -0.380 e. The Morgan fingerprint density at radius 2 is 2.31 bits per heavy atom. The zero-order valence-corrected chi connectivity index (χ0v) is 9.42. The number of benzene rings is 1. The Kier molecular flexibility index (Phi) is 3.70. The summed E-state index contributed by atoms with van der Waals surface area (Å²) >= 11 is 0. The molecule has 3 heteroatoms. The summed E-state index contributed by atoms with van der Waals surface area (Å²) in [6.07, 6.45) is 2.94. The first kappa shape index (κ1) is 11.3. The van der Waals surface area contributed by atoms with Crippen LogP contribution in [0.25, 0.3) is 5.57 Å². The molecule has 0 spiro atoms. The van der Waals surface area contributed by atoms with Crippen molar-refractivity contribution in [2.24, 2.45) is 0 Å². The number of ether oxygens (including phenoxy) is 1. The van der Waals surface area contributed by atoms with Gasteiger partial charge in [-0.25, -0.2) is 4.39 Å². The van der Waals surface area contributed by atoms with Crippen LogP contribution in [0.5, 0.6) is 0 Å². The molecule has 1 aromatic rings. The molecule has 1 heterocycles. The summed E-state index contributed by atoms with van der Waals surface area (Å²) in [7, 11) is 1.58. The van der Waals surface area contributed by atoms with Gasteiger partial charge < -0.3 is 10.1 Å². The Morgan fingerprint density at radius 1 is 1.44 bits per heavy atom. The molecule has 16 heavy (non-hydrogen) atoms. The van der Waals surface area contributed by atoms with Gasteiger partial charge in [0, 0.05) is 24.8 Å². The molecule has 0 aliphatic carbocycles. The van der Waals surface area contributed by atoms with Crippen LogP contribution in [0.15, 0.2) is 24.3 Å². The van der Waals surface area contributed by atoms with Crippen LogP contribution in [-0.2, 0) is 11.3 Å². The largest absolute Gasteiger partial charge is 0.380 e. The Morgan fingerprint density at radius 3 is 3.00 bits per heavy atom. The lowest BCUT2D eigenvalue weighted by molar-refractivity contribution is 0.181. The number of hydrogen-bond acceptors (Lipinski definition) is 2. The lowest BCUT2D eigenvalue weighted by atomic mass is 9.98. The van der Waals surface area contributed by atoms with Crippen LogP contribution in [0, 0.1) is 5.82 Å².